The minimum absolute atomic E-state index is 0.339. The molecular formula is C17H15N5O2S. The second-order valence-electron chi connectivity index (χ2n) is 5.79. The van der Waals surface area contributed by atoms with Gasteiger partial charge in [0.15, 0.2) is 0 Å². The third-order valence-electron chi connectivity index (χ3n) is 4.17. The first-order chi connectivity index (χ1) is 12.1. The monoisotopic (exact) mass is 353 g/mol. The van der Waals surface area contributed by atoms with Crippen molar-refractivity contribution >= 4 is 40.6 Å². The number of benzene rings is 1. The predicted molar refractivity (Wildman–Crippen MR) is 96.7 cm³/mol. The summed E-state index contributed by atoms with van der Waals surface area (Å²) in [5, 5.41) is 1.87. The fraction of sp³-hybridized carbons (Fsp3) is 0.176. The topological polar surface area (TPSA) is 101 Å². The molecule has 0 saturated carbocycles. The van der Waals surface area contributed by atoms with E-state index in [1.807, 2.05) is 12.1 Å². The van der Waals surface area contributed by atoms with Crippen LogP contribution in [-0.4, -0.2) is 27.7 Å². The number of nitrogens with zero attached hydrogens (tertiary/aromatic N) is 3. The number of rotatable bonds is 2. The molecule has 1 saturated heterocycles. The molecule has 25 heavy (non-hydrogen) atoms. The first kappa shape index (κ1) is 15.6. The molecule has 1 fully saturated rings. The fourth-order valence-electron chi connectivity index (χ4n) is 2.96. The van der Waals surface area contributed by atoms with Gasteiger partial charge in [-0.15, -0.1) is 0 Å². The Bertz CT molecular complexity index is 912. The van der Waals surface area contributed by atoms with Crippen LogP contribution in [0.3, 0.4) is 0 Å². The van der Waals surface area contributed by atoms with Crippen molar-refractivity contribution in [1.29, 1.82) is 0 Å². The van der Waals surface area contributed by atoms with E-state index in [0.717, 1.165) is 30.4 Å². The Morgan fingerprint density at radius 3 is 2.96 bits per heavy atom. The number of nitrogen functional groups attached to an aromatic ring is 1. The lowest BCUT2D eigenvalue weighted by molar-refractivity contribution is -0.115. The second kappa shape index (κ2) is 6.21. The number of aromatic nitrogens is 2. The molecule has 2 aromatic rings. The van der Waals surface area contributed by atoms with Crippen LogP contribution in [-0.2, 0) is 17.8 Å². The van der Waals surface area contributed by atoms with E-state index >= 15 is 0 Å². The van der Waals surface area contributed by atoms with Crippen LogP contribution < -0.4 is 16.0 Å². The molecule has 0 aliphatic carbocycles. The highest BCUT2D eigenvalue weighted by atomic mass is 32.2. The zero-order valence-electron chi connectivity index (χ0n) is 13.2. The van der Waals surface area contributed by atoms with E-state index in [9.17, 15) is 9.59 Å². The second-order valence-corrected chi connectivity index (χ2v) is 6.80. The van der Waals surface area contributed by atoms with Crippen molar-refractivity contribution in [2.24, 2.45) is 0 Å². The summed E-state index contributed by atoms with van der Waals surface area (Å²) < 4.78 is 0. The van der Waals surface area contributed by atoms with Crippen molar-refractivity contribution in [3.8, 4) is 0 Å². The number of hydrogen-bond donors (Lipinski definition) is 2. The van der Waals surface area contributed by atoms with Gasteiger partial charge >= 0.3 is 0 Å². The smallest absolute Gasteiger partial charge is 0.290 e. The molecule has 2 aliphatic heterocycles. The minimum Gasteiger partial charge on any atom is -0.398 e. The SMILES string of the molecule is Nc1cccc2c1CCN(c1nccc(C=C3SC(=O)NC3=O)n1)C2. The molecule has 1 aromatic heterocycles. The van der Waals surface area contributed by atoms with Crippen LogP contribution in [0.2, 0.25) is 0 Å². The maximum atomic E-state index is 11.7. The molecule has 4 rings (SSSR count). The quantitative estimate of drug-likeness (QED) is 0.628. The van der Waals surface area contributed by atoms with Crippen LogP contribution in [0.4, 0.5) is 16.4 Å². The van der Waals surface area contributed by atoms with Gasteiger partial charge in [-0.25, -0.2) is 9.97 Å². The molecule has 1 aromatic carbocycles. The van der Waals surface area contributed by atoms with Gasteiger partial charge in [0.05, 0.1) is 10.6 Å². The molecule has 126 valence electrons. The molecule has 3 heterocycles. The molecule has 2 aliphatic rings. The molecule has 0 unspecified atom stereocenters. The lowest BCUT2D eigenvalue weighted by atomic mass is 9.98. The van der Waals surface area contributed by atoms with Gasteiger partial charge in [0.25, 0.3) is 11.1 Å². The van der Waals surface area contributed by atoms with Crippen molar-refractivity contribution in [3.05, 3.63) is 52.2 Å². The standard InChI is InChI=1S/C17H15N5O2S/c18-13-3-1-2-10-9-22(7-5-12(10)13)16-19-6-4-11(20-16)8-14-15(23)21-17(24)25-14/h1-4,6,8H,5,7,9,18H2,(H,21,23,24). The third-order valence-corrected chi connectivity index (χ3v) is 4.98. The number of fused-ring (bicyclic) bond motifs is 1. The van der Waals surface area contributed by atoms with Crippen LogP contribution in [0, 0.1) is 0 Å². The molecule has 0 spiro atoms. The Labute approximate surface area is 148 Å². The lowest BCUT2D eigenvalue weighted by Gasteiger charge is -2.29. The highest BCUT2D eigenvalue weighted by Gasteiger charge is 2.25. The van der Waals surface area contributed by atoms with Crippen LogP contribution in [0.25, 0.3) is 6.08 Å². The number of imide groups is 1. The van der Waals surface area contributed by atoms with E-state index in [4.69, 9.17) is 5.73 Å². The average Bonchev–Trinajstić information content (AvgIpc) is 2.92. The van der Waals surface area contributed by atoms with Gasteiger partial charge in [0.2, 0.25) is 5.95 Å². The van der Waals surface area contributed by atoms with E-state index in [2.05, 4.69) is 26.3 Å². The average molecular weight is 353 g/mol. The summed E-state index contributed by atoms with van der Waals surface area (Å²) in [6, 6.07) is 7.65. The van der Waals surface area contributed by atoms with Crippen LogP contribution in [0.5, 0.6) is 0 Å². The van der Waals surface area contributed by atoms with Gasteiger partial charge in [-0.1, -0.05) is 12.1 Å². The van der Waals surface area contributed by atoms with Crippen molar-refractivity contribution in [2.75, 3.05) is 17.2 Å². The van der Waals surface area contributed by atoms with Crippen LogP contribution >= 0.6 is 11.8 Å². The Morgan fingerprint density at radius 1 is 1.28 bits per heavy atom. The number of anilines is 2. The Hall–Kier alpha value is -2.87. The summed E-state index contributed by atoms with van der Waals surface area (Å²) in [4.78, 5) is 34.2. The summed E-state index contributed by atoms with van der Waals surface area (Å²) in [6.07, 6.45) is 4.10. The van der Waals surface area contributed by atoms with Gasteiger partial charge in [0, 0.05) is 25.0 Å². The number of hydrogen-bond acceptors (Lipinski definition) is 7. The summed E-state index contributed by atoms with van der Waals surface area (Å²) in [5.74, 6) is 0.203. The lowest BCUT2D eigenvalue weighted by Crippen LogP contribution is -2.32. The van der Waals surface area contributed by atoms with Crippen molar-refractivity contribution in [2.45, 2.75) is 13.0 Å². The van der Waals surface area contributed by atoms with Gasteiger partial charge in [-0.05, 0) is 47.5 Å². The Kier molecular flexibility index (Phi) is 3.89. The highest BCUT2D eigenvalue weighted by molar-refractivity contribution is 8.18. The molecular weight excluding hydrogens is 338 g/mol. The van der Waals surface area contributed by atoms with Crippen molar-refractivity contribution in [1.82, 2.24) is 15.3 Å². The van der Waals surface area contributed by atoms with Gasteiger partial charge < -0.3 is 10.6 Å². The Morgan fingerprint density at radius 2 is 2.16 bits per heavy atom. The third kappa shape index (κ3) is 3.08. The summed E-state index contributed by atoms with van der Waals surface area (Å²) in [7, 11) is 0. The molecule has 8 heteroatoms. The molecule has 0 atom stereocenters. The fourth-order valence-corrected chi connectivity index (χ4v) is 3.63. The molecule has 0 bridgehead atoms. The van der Waals surface area contributed by atoms with E-state index in [1.165, 1.54) is 11.1 Å². The number of carbonyl (C=O) groups excluding carboxylic acids is 2. The maximum Gasteiger partial charge on any atom is 0.290 e. The normalized spacial score (nSPS) is 18.4. The minimum atomic E-state index is -0.391. The van der Waals surface area contributed by atoms with Crippen molar-refractivity contribution in [3.63, 3.8) is 0 Å². The number of carbonyl (C=O) groups is 2. The predicted octanol–water partition coefficient (Wildman–Crippen LogP) is 1.95. The van der Waals surface area contributed by atoms with E-state index in [1.54, 1.807) is 18.3 Å². The van der Waals surface area contributed by atoms with E-state index in [-0.39, 0.29) is 5.24 Å². The van der Waals surface area contributed by atoms with Gasteiger partial charge in [-0.2, -0.15) is 0 Å². The summed E-state index contributed by atoms with van der Waals surface area (Å²) >= 11 is 0.876. The van der Waals surface area contributed by atoms with E-state index in [0.29, 0.717) is 23.1 Å². The first-order valence-electron chi connectivity index (χ1n) is 7.79. The number of amides is 2. The first-order valence-corrected chi connectivity index (χ1v) is 8.61. The highest BCUT2D eigenvalue weighted by Crippen LogP contribution is 2.27. The number of thioether (sulfide) groups is 1. The van der Waals surface area contributed by atoms with Gasteiger partial charge in [-0.3, -0.25) is 14.9 Å². The molecule has 3 N–H and O–H groups in total. The van der Waals surface area contributed by atoms with Gasteiger partial charge in [0.1, 0.15) is 0 Å². The zero-order chi connectivity index (χ0) is 17.4. The maximum absolute atomic E-state index is 11.7. The summed E-state index contributed by atoms with van der Waals surface area (Å²) in [5.41, 5.74) is 9.82. The largest absolute Gasteiger partial charge is 0.398 e. The number of nitrogens with two attached hydrogens (primary N) is 1. The van der Waals surface area contributed by atoms with E-state index < -0.39 is 5.91 Å². The number of nitrogens with one attached hydrogen (secondary N) is 1. The zero-order valence-corrected chi connectivity index (χ0v) is 14.0. The van der Waals surface area contributed by atoms with Crippen LogP contribution in [0.15, 0.2) is 35.4 Å². The van der Waals surface area contributed by atoms with Crippen molar-refractivity contribution < 1.29 is 9.59 Å². The van der Waals surface area contributed by atoms with Crippen LogP contribution in [0.1, 0.15) is 16.8 Å². The summed E-state index contributed by atoms with van der Waals surface area (Å²) in [6.45, 7) is 1.46. The molecule has 0 radical (unpaired) electrons. The Balaban J connectivity index is 1.59. The molecule has 7 nitrogen and oxygen atoms in total. The molecule has 2 amide bonds.